The van der Waals surface area contributed by atoms with Crippen molar-refractivity contribution in [3.63, 3.8) is 0 Å². The van der Waals surface area contributed by atoms with Crippen molar-refractivity contribution in [1.29, 1.82) is 0 Å². The lowest BCUT2D eigenvalue weighted by Gasteiger charge is -2.09. The number of nitrogens with one attached hydrogen (secondary N) is 1. The molecule has 2 aromatic carbocycles. The summed E-state index contributed by atoms with van der Waals surface area (Å²) in [5.74, 6) is -1.50. The highest BCUT2D eigenvalue weighted by Gasteiger charge is 2.18. The summed E-state index contributed by atoms with van der Waals surface area (Å²) in [5, 5.41) is 13.5. The topological polar surface area (TPSA) is 98.5 Å². The van der Waals surface area contributed by atoms with Gasteiger partial charge in [-0.15, -0.1) is 0 Å². The fourth-order valence-corrected chi connectivity index (χ4v) is 2.53. The van der Waals surface area contributed by atoms with Crippen molar-refractivity contribution in [3.8, 4) is 0 Å². The lowest BCUT2D eigenvalue weighted by Crippen LogP contribution is -2.21. The van der Waals surface area contributed by atoms with Crippen LogP contribution in [0.3, 0.4) is 0 Å². The molecule has 0 spiro atoms. The Morgan fingerprint density at radius 1 is 1.20 bits per heavy atom. The monoisotopic (exact) mass is 382 g/mol. The summed E-state index contributed by atoms with van der Waals surface area (Å²) < 4.78 is 4.87. The van der Waals surface area contributed by atoms with Gasteiger partial charge in [-0.25, -0.2) is 4.79 Å². The summed E-state index contributed by atoms with van der Waals surface area (Å²) in [5.41, 5.74) is 0.513. The van der Waals surface area contributed by atoms with Crippen LogP contribution in [0.2, 0.25) is 10.0 Å². The third-order valence-electron chi connectivity index (χ3n) is 3.19. The maximum Gasteiger partial charge on any atom is 0.341 e. The minimum atomic E-state index is -0.847. The number of carbonyl (C=O) groups excluding carboxylic acids is 2. The molecule has 0 atom stereocenters. The lowest BCUT2D eigenvalue weighted by molar-refractivity contribution is -0.385. The van der Waals surface area contributed by atoms with E-state index < -0.39 is 23.4 Å². The molecule has 0 heterocycles. The van der Waals surface area contributed by atoms with Gasteiger partial charge < -0.3 is 10.1 Å². The summed E-state index contributed by atoms with van der Waals surface area (Å²) in [7, 11) is 0. The second-order valence-corrected chi connectivity index (χ2v) is 5.79. The third-order valence-corrected chi connectivity index (χ3v) is 3.82. The Balaban J connectivity index is 2.00. The van der Waals surface area contributed by atoms with Gasteiger partial charge in [-0.1, -0.05) is 35.3 Å². The first-order chi connectivity index (χ1) is 11.8. The van der Waals surface area contributed by atoms with Crippen molar-refractivity contribution in [2.45, 2.75) is 6.92 Å². The molecule has 2 aromatic rings. The van der Waals surface area contributed by atoms with Crippen LogP contribution >= 0.6 is 23.2 Å². The molecule has 1 amide bonds. The normalized spacial score (nSPS) is 10.2. The van der Waals surface area contributed by atoms with E-state index in [2.05, 4.69) is 5.32 Å². The Labute approximate surface area is 152 Å². The molecule has 0 unspecified atom stereocenters. The Bertz CT molecular complexity index is 834. The van der Waals surface area contributed by atoms with E-state index in [9.17, 15) is 19.7 Å². The minimum Gasteiger partial charge on any atom is -0.452 e. The highest BCUT2D eigenvalue weighted by Crippen LogP contribution is 2.25. The number of carbonyl (C=O) groups is 2. The van der Waals surface area contributed by atoms with Crippen LogP contribution in [0.1, 0.15) is 15.9 Å². The molecule has 1 N–H and O–H groups in total. The van der Waals surface area contributed by atoms with Gasteiger partial charge in [0.05, 0.1) is 20.5 Å². The first-order valence-electron chi connectivity index (χ1n) is 6.95. The van der Waals surface area contributed by atoms with E-state index in [0.29, 0.717) is 5.56 Å². The molecule has 0 fully saturated rings. The maximum absolute atomic E-state index is 12.0. The molecule has 9 heteroatoms. The van der Waals surface area contributed by atoms with Crippen LogP contribution in [0.25, 0.3) is 0 Å². The molecule has 0 aliphatic rings. The van der Waals surface area contributed by atoms with Crippen LogP contribution in [0.4, 0.5) is 11.4 Å². The highest BCUT2D eigenvalue weighted by atomic mass is 35.5. The summed E-state index contributed by atoms with van der Waals surface area (Å²) in [4.78, 5) is 34.2. The molecule has 0 saturated heterocycles. The van der Waals surface area contributed by atoms with Gasteiger partial charge >= 0.3 is 5.97 Å². The van der Waals surface area contributed by atoms with E-state index >= 15 is 0 Å². The summed E-state index contributed by atoms with van der Waals surface area (Å²) in [6.07, 6.45) is 0. The maximum atomic E-state index is 12.0. The van der Waals surface area contributed by atoms with Gasteiger partial charge in [-0.05, 0) is 25.1 Å². The molecule has 0 bridgehead atoms. The first-order valence-corrected chi connectivity index (χ1v) is 7.71. The predicted molar refractivity (Wildman–Crippen MR) is 93.2 cm³/mol. The number of benzene rings is 2. The molecule has 0 radical (unpaired) electrons. The quantitative estimate of drug-likeness (QED) is 0.478. The largest absolute Gasteiger partial charge is 0.452 e. The van der Waals surface area contributed by atoms with Crippen molar-refractivity contribution in [1.82, 2.24) is 0 Å². The number of nitro benzene ring substituents is 1. The number of amides is 1. The van der Waals surface area contributed by atoms with E-state index in [0.717, 1.165) is 0 Å². The fraction of sp³-hybridized carbons (Fsp3) is 0.125. The Hall–Kier alpha value is -2.64. The smallest absolute Gasteiger partial charge is 0.341 e. The average Bonchev–Trinajstić information content (AvgIpc) is 2.54. The second-order valence-electron chi connectivity index (χ2n) is 4.98. The number of nitro groups is 1. The highest BCUT2D eigenvalue weighted by molar-refractivity contribution is 6.39. The third kappa shape index (κ3) is 4.68. The molecule has 7 nitrogen and oxygen atoms in total. The molecule has 25 heavy (non-hydrogen) atoms. The standard InChI is InChI=1S/C16H12Cl2N2O5/c1-9-5-6-10(7-13(9)20(23)24)19-14(21)8-25-16(22)15-11(17)3-2-4-12(15)18/h2-7H,8H2,1H3,(H,19,21). The van der Waals surface area contributed by atoms with Crippen LogP contribution in [0.5, 0.6) is 0 Å². The van der Waals surface area contributed by atoms with Crippen molar-refractivity contribution < 1.29 is 19.2 Å². The van der Waals surface area contributed by atoms with E-state index in [1.165, 1.54) is 30.3 Å². The molecule has 0 aliphatic heterocycles. The molecule has 0 aromatic heterocycles. The lowest BCUT2D eigenvalue weighted by atomic mass is 10.2. The zero-order valence-electron chi connectivity index (χ0n) is 12.9. The van der Waals surface area contributed by atoms with Gasteiger partial charge in [-0.2, -0.15) is 0 Å². The summed E-state index contributed by atoms with van der Waals surface area (Å²) >= 11 is 11.8. The molecule has 130 valence electrons. The Morgan fingerprint density at radius 3 is 2.44 bits per heavy atom. The number of ether oxygens (including phenoxy) is 1. The van der Waals surface area contributed by atoms with E-state index in [1.54, 1.807) is 13.0 Å². The number of halogens is 2. The molecule has 2 rings (SSSR count). The zero-order valence-corrected chi connectivity index (χ0v) is 14.4. The second kappa shape index (κ2) is 7.96. The summed E-state index contributed by atoms with van der Waals surface area (Å²) in [6.45, 7) is 0.987. The molecular weight excluding hydrogens is 371 g/mol. The number of aryl methyl sites for hydroxylation is 1. The molecule has 0 saturated carbocycles. The summed E-state index contributed by atoms with van der Waals surface area (Å²) in [6, 6.07) is 8.74. The number of rotatable bonds is 5. The SMILES string of the molecule is Cc1ccc(NC(=O)COC(=O)c2c(Cl)cccc2Cl)cc1[N+](=O)[O-]. The van der Waals surface area contributed by atoms with Crippen LogP contribution in [-0.4, -0.2) is 23.4 Å². The van der Waals surface area contributed by atoms with E-state index in [1.807, 2.05) is 0 Å². The van der Waals surface area contributed by atoms with Gasteiger partial charge in [0.2, 0.25) is 0 Å². The van der Waals surface area contributed by atoms with Gasteiger partial charge in [0, 0.05) is 17.3 Å². The Morgan fingerprint density at radius 2 is 1.84 bits per heavy atom. The Kier molecular flexibility index (Phi) is 5.95. The minimum absolute atomic E-state index is 0.0374. The fourth-order valence-electron chi connectivity index (χ4n) is 1.98. The number of hydrogen-bond acceptors (Lipinski definition) is 5. The van der Waals surface area contributed by atoms with Crippen LogP contribution in [0, 0.1) is 17.0 Å². The van der Waals surface area contributed by atoms with Crippen molar-refractivity contribution >= 4 is 46.5 Å². The van der Waals surface area contributed by atoms with Gasteiger partial charge in [0.15, 0.2) is 6.61 Å². The first kappa shape index (κ1) is 18.7. The molecule has 0 aliphatic carbocycles. The van der Waals surface area contributed by atoms with E-state index in [-0.39, 0.29) is 27.0 Å². The van der Waals surface area contributed by atoms with Crippen LogP contribution < -0.4 is 5.32 Å². The number of nitrogens with zero attached hydrogens (tertiary/aromatic N) is 1. The zero-order chi connectivity index (χ0) is 18.6. The predicted octanol–water partition coefficient (Wildman–Crippen LogP) is 4.01. The van der Waals surface area contributed by atoms with Crippen LogP contribution in [0.15, 0.2) is 36.4 Å². The molecular formula is C16H12Cl2N2O5. The van der Waals surface area contributed by atoms with E-state index in [4.69, 9.17) is 27.9 Å². The number of anilines is 1. The number of esters is 1. The van der Waals surface area contributed by atoms with Gasteiger partial charge in [-0.3, -0.25) is 14.9 Å². The van der Waals surface area contributed by atoms with Gasteiger partial charge in [0.25, 0.3) is 11.6 Å². The van der Waals surface area contributed by atoms with Crippen LogP contribution in [-0.2, 0) is 9.53 Å². The van der Waals surface area contributed by atoms with Crippen molar-refractivity contribution in [2.75, 3.05) is 11.9 Å². The van der Waals surface area contributed by atoms with Gasteiger partial charge in [0.1, 0.15) is 0 Å². The van der Waals surface area contributed by atoms with Crippen molar-refractivity contribution in [3.05, 3.63) is 67.7 Å². The number of hydrogen-bond donors (Lipinski definition) is 1. The average molecular weight is 383 g/mol. The van der Waals surface area contributed by atoms with Crippen molar-refractivity contribution in [2.24, 2.45) is 0 Å².